The number of nitrogens with zero attached hydrogens (tertiary/aromatic N) is 1. The van der Waals surface area contributed by atoms with Gasteiger partial charge in [0.15, 0.2) is 0 Å². The molecule has 88 valence electrons. The fraction of sp³-hybridized carbons (Fsp3) is 0.500. The minimum atomic E-state index is 0.209. The monoisotopic (exact) mass is 284 g/mol. The first-order valence-corrected chi connectivity index (χ1v) is 6.39. The van der Waals surface area contributed by atoms with Crippen molar-refractivity contribution < 1.29 is 5.11 Å². The highest BCUT2D eigenvalue weighted by atomic mass is 79.9. The minimum absolute atomic E-state index is 0.209. The lowest BCUT2D eigenvalue weighted by Crippen LogP contribution is -2.29. The van der Waals surface area contributed by atoms with Crippen LogP contribution in [0.5, 0.6) is 0 Å². The van der Waals surface area contributed by atoms with Crippen molar-refractivity contribution in [2.24, 2.45) is 0 Å². The second kappa shape index (κ2) is 5.17. The molecule has 0 spiro atoms. The molecule has 3 nitrogen and oxygen atoms in total. The molecule has 1 aliphatic rings. The maximum absolute atomic E-state index is 9.05. The molecule has 1 aliphatic carbocycles. The largest absolute Gasteiger partial charge is 0.398 e. The summed E-state index contributed by atoms with van der Waals surface area (Å²) in [6, 6.07) is 6.51. The molecule has 2 rings (SSSR count). The predicted molar refractivity (Wildman–Crippen MR) is 69.1 cm³/mol. The molecule has 1 saturated carbocycles. The summed E-state index contributed by atoms with van der Waals surface area (Å²) in [5.74, 6) is 0. The molecule has 1 fully saturated rings. The summed E-state index contributed by atoms with van der Waals surface area (Å²) in [6.07, 6.45) is 2.48. The van der Waals surface area contributed by atoms with Crippen LogP contribution in [0.25, 0.3) is 0 Å². The van der Waals surface area contributed by atoms with E-state index in [0.717, 1.165) is 28.8 Å². The lowest BCUT2D eigenvalue weighted by molar-refractivity contribution is 0.183. The molecule has 3 N–H and O–H groups in total. The summed E-state index contributed by atoms with van der Waals surface area (Å²) in [5.41, 5.74) is 7.91. The fourth-order valence-corrected chi connectivity index (χ4v) is 2.41. The van der Waals surface area contributed by atoms with Gasteiger partial charge in [-0.05, 0) is 25.0 Å². The number of hydrogen-bond donors (Lipinski definition) is 2. The number of aliphatic hydroxyl groups excluding tert-OH is 1. The maximum atomic E-state index is 9.05. The Kier molecular flexibility index (Phi) is 3.84. The van der Waals surface area contributed by atoms with Crippen molar-refractivity contribution in [3.05, 3.63) is 28.2 Å². The van der Waals surface area contributed by atoms with Crippen LogP contribution in [0.3, 0.4) is 0 Å². The average molecular weight is 285 g/mol. The number of nitrogen functional groups attached to an aromatic ring is 1. The Morgan fingerprint density at radius 3 is 2.75 bits per heavy atom. The standard InChI is InChI=1S/C12H17BrN2O/c13-11-2-1-3-12(14)10(11)8-15(6-7-16)9-4-5-9/h1-3,9,16H,4-8,14H2. The van der Waals surface area contributed by atoms with Crippen molar-refractivity contribution in [3.8, 4) is 0 Å². The molecule has 0 unspecified atom stereocenters. The van der Waals surface area contributed by atoms with Crippen LogP contribution >= 0.6 is 15.9 Å². The van der Waals surface area contributed by atoms with Crippen molar-refractivity contribution in [1.29, 1.82) is 0 Å². The van der Waals surface area contributed by atoms with Crippen LogP contribution in [0.1, 0.15) is 18.4 Å². The van der Waals surface area contributed by atoms with Gasteiger partial charge < -0.3 is 10.8 Å². The second-order valence-corrected chi connectivity index (χ2v) is 5.09. The van der Waals surface area contributed by atoms with Crippen molar-refractivity contribution in [3.63, 3.8) is 0 Å². The Hall–Kier alpha value is -0.580. The van der Waals surface area contributed by atoms with E-state index in [2.05, 4.69) is 20.8 Å². The zero-order valence-electron chi connectivity index (χ0n) is 9.19. The molecule has 0 radical (unpaired) electrons. The van der Waals surface area contributed by atoms with Gasteiger partial charge in [0.2, 0.25) is 0 Å². The Morgan fingerprint density at radius 2 is 2.19 bits per heavy atom. The van der Waals surface area contributed by atoms with E-state index in [1.807, 2.05) is 18.2 Å². The average Bonchev–Trinajstić information content (AvgIpc) is 3.06. The van der Waals surface area contributed by atoms with Gasteiger partial charge in [0, 0.05) is 34.9 Å². The Labute approximate surface area is 104 Å². The number of rotatable bonds is 5. The van der Waals surface area contributed by atoms with Crippen LogP contribution in [-0.4, -0.2) is 29.2 Å². The molecule has 0 amide bonds. The number of hydrogen-bond acceptors (Lipinski definition) is 3. The molecule has 0 aromatic heterocycles. The molecule has 0 saturated heterocycles. The summed E-state index contributed by atoms with van der Waals surface area (Å²) in [7, 11) is 0. The molecule has 0 atom stereocenters. The van der Waals surface area contributed by atoms with Crippen LogP contribution in [0.15, 0.2) is 22.7 Å². The molecule has 0 aliphatic heterocycles. The van der Waals surface area contributed by atoms with E-state index < -0.39 is 0 Å². The number of benzene rings is 1. The third kappa shape index (κ3) is 2.75. The van der Waals surface area contributed by atoms with E-state index in [0.29, 0.717) is 6.04 Å². The molecule has 16 heavy (non-hydrogen) atoms. The first kappa shape index (κ1) is 11.9. The van der Waals surface area contributed by atoms with Crippen LogP contribution in [0, 0.1) is 0 Å². The van der Waals surface area contributed by atoms with Crippen LogP contribution in [-0.2, 0) is 6.54 Å². The summed E-state index contributed by atoms with van der Waals surface area (Å²) < 4.78 is 1.05. The number of halogens is 1. The highest BCUT2D eigenvalue weighted by Gasteiger charge is 2.29. The molecule has 4 heteroatoms. The molecule has 0 heterocycles. The first-order chi connectivity index (χ1) is 7.72. The summed E-state index contributed by atoms with van der Waals surface area (Å²) in [5, 5.41) is 9.05. The number of nitrogens with two attached hydrogens (primary N) is 1. The molecule has 1 aromatic carbocycles. The van der Waals surface area contributed by atoms with Crippen LogP contribution in [0.2, 0.25) is 0 Å². The number of aliphatic hydroxyl groups is 1. The highest BCUT2D eigenvalue weighted by Crippen LogP contribution is 2.31. The highest BCUT2D eigenvalue weighted by molar-refractivity contribution is 9.10. The van der Waals surface area contributed by atoms with E-state index in [-0.39, 0.29) is 6.61 Å². The van der Waals surface area contributed by atoms with Gasteiger partial charge in [0.25, 0.3) is 0 Å². The minimum Gasteiger partial charge on any atom is -0.398 e. The third-order valence-corrected chi connectivity index (χ3v) is 3.71. The van der Waals surface area contributed by atoms with Gasteiger partial charge in [-0.25, -0.2) is 0 Å². The Morgan fingerprint density at radius 1 is 1.44 bits per heavy atom. The van der Waals surface area contributed by atoms with Crippen molar-refractivity contribution >= 4 is 21.6 Å². The predicted octanol–water partition coefficient (Wildman–Crippen LogP) is 1.99. The van der Waals surface area contributed by atoms with Gasteiger partial charge in [-0.3, -0.25) is 4.90 Å². The topological polar surface area (TPSA) is 49.5 Å². The quantitative estimate of drug-likeness (QED) is 0.813. The zero-order chi connectivity index (χ0) is 11.5. The first-order valence-electron chi connectivity index (χ1n) is 5.60. The van der Waals surface area contributed by atoms with Crippen LogP contribution < -0.4 is 5.73 Å². The second-order valence-electron chi connectivity index (χ2n) is 4.23. The Balaban J connectivity index is 2.11. The lowest BCUT2D eigenvalue weighted by atomic mass is 10.1. The van der Waals surface area contributed by atoms with Crippen molar-refractivity contribution in [2.45, 2.75) is 25.4 Å². The summed E-state index contributed by atoms with van der Waals surface area (Å²) >= 11 is 3.53. The van der Waals surface area contributed by atoms with E-state index >= 15 is 0 Å². The Bertz CT molecular complexity index is 346. The van der Waals surface area contributed by atoms with E-state index in [4.69, 9.17) is 10.8 Å². The smallest absolute Gasteiger partial charge is 0.0558 e. The van der Waals surface area contributed by atoms with Crippen LogP contribution in [0.4, 0.5) is 5.69 Å². The van der Waals surface area contributed by atoms with Crippen molar-refractivity contribution in [1.82, 2.24) is 4.90 Å². The third-order valence-electron chi connectivity index (χ3n) is 2.97. The van der Waals surface area contributed by atoms with Gasteiger partial charge in [-0.2, -0.15) is 0 Å². The normalized spacial score (nSPS) is 15.7. The van der Waals surface area contributed by atoms with Gasteiger partial charge in [-0.15, -0.1) is 0 Å². The molecule has 0 bridgehead atoms. The molecular formula is C12H17BrN2O. The lowest BCUT2D eigenvalue weighted by Gasteiger charge is -2.22. The zero-order valence-corrected chi connectivity index (χ0v) is 10.8. The fourth-order valence-electron chi connectivity index (χ4n) is 1.90. The maximum Gasteiger partial charge on any atom is 0.0558 e. The van der Waals surface area contributed by atoms with Gasteiger partial charge >= 0.3 is 0 Å². The van der Waals surface area contributed by atoms with E-state index in [9.17, 15) is 0 Å². The molecule has 1 aromatic rings. The van der Waals surface area contributed by atoms with Crippen molar-refractivity contribution in [2.75, 3.05) is 18.9 Å². The number of anilines is 1. The molecular weight excluding hydrogens is 268 g/mol. The van der Waals surface area contributed by atoms with Gasteiger partial charge in [0.1, 0.15) is 0 Å². The van der Waals surface area contributed by atoms with Gasteiger partial charge in [0.05, 0.1) is 6.61 Å². The summed E-state index contributed by atoms with van der Waals surface area (Å²) in [4.78, 5) is 2.30. The van der Waals surface area contributed by atoms with E-state index in [1.165, 1.54) is 12.8 Å². The van der Waals surface area contributed by atoms with Gasteiger partial charge in [-0.1, -0.05) is 22.0 Å². The van der Waals surface area contributed by atoms with E-state index in [1.54, 1.807) is 0 Å². The SMILES string of the molecule is Nc1cccc(Br)c1CN(CCO)C1CC1. The summed E-state index contributed by atoms with van der Waals surface area (Å²) in [6.45, 7) is 1.75.